The second-order valence-electron chi connectivity index (χ2n) is 5.74. The summed E-state index contributed by atoms with van der Waals surface area (Å²) in [5.41, 5.74) is 0.667. The molecule has 0 aliphatic rings. The van der Waals surface area contributed by atoms with Crippen LogP contribution in [0.2, 0.25) is 0 Å². The zero-order valence-corrected chi connectivity index (χ0v) is 21.2. The van der Waals surface area contributed by atoms with Crippen molar-refractivity contribution in [3.8, 4) is 0 Å². The number of nitrogens with zero attached hydrogens (tertiary/aromatic N) is 1. The van der Waals surface area contributed by atoms with Crippen LogP contribution in [0.15, 0.2) is 0 Å². The van der Waals surface area contributed by atoms with Crippen LogP contribution < -0.4 is 11.2 Å². The molecule has 0 bridgehead atoms. The van der Waals surface area contributed by atoms with Gasteiger partial charge >= 0.3 is 0 Å². The molecule has 0 aromatic heterocycles. The fourth-order valence-electron chi connectivity index (χ4n) is 1.96. The zero-order chi connectivity index (χ0) is 21.3. The molecule has 2 amide bonds. The Bertz CT molecular complexity index is 770. The molecule has 27 heavy (non-hydrogen) atoms. The lowest BCUT2D eigenvalue weighted by molar-refractivity contribution is -0.248. The van der Waals surface area contributed by atoms with Crippen LogP contribution in [-0.4, -0.2) is 49.1 Å². The predicted octanol–water partition coefficient (Wildman–Crippen LogP) is 0.951. The Balaban J connectivity index is 3.60. The van der Waals surface area contributed by atoms with Gasteiger partial charge < -0.3 is 25.7 Å². The highest BCUT2D eigenvalue weighted by atomic mass is 127. The van der Waals surface area contributed by atoms with E-state index in [1.54, 1.807) is 29.5 Å². The van der Waals surface area contributed by atoms with Crippen molar-refractivity contribution < 1.29 is 30.0 Å². The molecule has 0 aliphatic carbocycles. The summed E-state index contributed by atoms with van der Waals surface area (Å²) in [5.74, 6) is -1.04. The maximum atomic E-state index is 12.8. The average molecular weight is 719 g/mol. The number of nitrogens with one attached hydrogen (secondary N) is 1. The van der Waals surface area contributed by atoms with Gasteiger partial charge in [-0.3, -0.25) is 9.59 Å². The molecular weight excluding hydrogens is 699 g/mol. The first-order valence-electron chi connectivity index (χ1n) is 7.70. The van der Waals surface area contributed by atoms with Crippen molar-refractivity contribution in [2.75, 3.05) is 0 Å². The van der Waals surface area contributed by atoms with Gasteiger partial charge in [0.2, 0.25) is 5.91 Å². The van der Waals surface area contributed by atoms with E-state index in [2.05, 4.69) is 5.32 Å². The zero-order valence-electron chi connectivity index (χ0n) is 14.7. The van der Waals surface area contributed by atoms with Gasteiger partial charge in [0.05, 0.1) is 11.1 Å². The van der Waals surface area contributed by atoms with Crippen LogP contribution in [0.25, 0.3) is 0 Å². The lowest BCUT2D eigenvalue weighted by atomic mass is 10.0. The normalized spacial score (nSPS) is 12.1. The van der Waals surface area contributed by atoms with Crippen LogP contribution in [0.4, 0.5) is 0 Å². The minimum Gasteiger partial charge on any atom is -0.349 e. The number of carbonyl (C=O) groups excluding carboxylic acids is 2. The number of aliphatic hydroxyl groups is 4. The SMILES string of the molecule is CCC(O)(O)NC(=O)c1c(I)c(C)c(I)c(C(=O)N(N)C(O)(O)CC)c1I. The van der Waals surface area contributed by atoms with Crippen molar-refractivity contribution in [2.24, 2.45) is 5.84 Å². The van der Waals surface area contributed by atoms with Crippen LogP contribution >= 0.6 is 67.8 Å². The van der Waals surface area contributed by atoms with Gasteiger partial charge in [-0.25, -0.2) is 10.9 Å². The standard InChI is InChI=1S/C15H20I3N3O6/c1-4-14(24,25)20-12(22)7-9(16)6(3)10(17)8(11(7)18)13(23)21(19)15(26,27)5-2/h24-27H,4-5,19H2,1-3H3,(H,20,22). The average Bonchev–Trinajstić information content (AvgIpc) is 2.58. The van der Waals surface area contributed by atoms with Gasteiger partial charge in [0.1, 0.15) is 0 Å². The molecule has 0 heterocycles. The Morgan fingerprint density at radius 3 is 1.93 bits per heavy atom. The lowest BCUT2D eigenvalue weighted by Gasteiger charge is -2.31. The summed E-state index contributed by atoms with van der Waals surface area (Å²) in [7, 11) is 0. The van der Waals surface area contributed by atoms with Crippen molar-refractivity contribution in [1.82, 2.24) is 10.3 Å². The van der Waals surface area contributed by atoms with Gasteiger partial charge in [-0.2, -0.15) is 0 Å². The van der Waals surface area contributed by atoms with Crippen LogP contribution in [0, 0.1) is 17.6 Å². The van der Waals surface area contributed by atoms with Crippen LogP contribution in [0.3, 0.4) is 0 Å². The molecule has 1 aromatic rings. The molecule has 152 valence electrons. The number of amides is 2. The fraction of sp³-hybridized carbons (Fsp3) is 0.467. The molecule has 0 unspecified atom stereocenters. The number of hydrogen-bond donors (Lipinski definition) is 6. The van der Waals surface area contributed by atoms with Gasteiger partial charge in [-0.15, -0.1) is 0 Å². The Hall–Kier alpha value is 0.150. The van der Waals surface area contributed by atoms with E-state index in [0.29, 0.717) is 17.7 Å². The van der Waals surface area contributed by atoms with Crippen molar-refractivity contribution >= 4 is 79.6 Å². The molecule has 9 nitrogen and oxygen atoms in total. The number of rotatable bonds is 6. The molecule has 0 radical (unpaired) electrons. The first-order valence-corrected chi connectivity index (χ1v) is 10.9. The molecular formula is C15H20I3N3O6. The van der Waals surface area contributed by atoms with E-state index < -0.39 is 23.6 Å². The van der Waals surface area contributed by atoms with Crippen LogP contribution in [0.5, 0.6) is 0 Å². The van der Waals surface area contributed by atoms with Crippen LogP contribution in [0.1, 0.15) is 53.0 Å². The molecule has 0 spiro atoms. The molecule has 0 atom stereocenters. The number of carbonyl (C=O) groups is 2. The van der Waals surface area contributed by atoms with Crippen molar-refractivity contribution in [2.45, 2.75) is 45.4 Å². The van der Waals surface area contributed by atoms with E-state index in [1.165, 1.54) is 13.8 Å². The molecule has 0 aliphatic heterocycles. The minimum absolute atomic E-state index is 0.0145. The number of hydrazine groups is 1. The van der Waals surface area contributed by atoms with Crippen molar-refractivity contribution in [3.05, 3.63) is 27.4 Å². The summed E-state index contributed by atoms with van der Waals surface area (Å²) in [6.07, 6.45) is -0.376. The van der Waals surface area contributed by atoms with E-state index in [9.17, 15) is 30.0 Å². The van der Waals surface area contributed by atoms with Crippen molar-refractivity contribution in [1.29, 1.82) is 0 Å². The molecule has 0 saturated carbocycles. The van der Waals surface area contributed by atoms with E-state index in [1.807, 2.05) is 45.2 Å². The predicted molar refractivity (Wildman–Crippen MR) is 122 cm³/mol. The van der Waals surface area contributed by atoms with E-state index in [0.717, 1.165) is 0 Å². The van der Waals surface area contributed by atoms with Gasteiger partial charge in [-0.05, 0) is 80.3 Å². The third-order valence-corrected chi connectivity index (χ3v) is 7.64. The highest BCUT2D eigenvalue weighted by Crippen LogP contribution is 2.33. The quantitative estimate of drug-likeness (QED) is 0.0842. The Morgan fingerprint density at radius 1 is 1.00 bits per heavy atom. The van der Waals surface area contributed by atoms with Gasteiger partial charge in [0.25, 0.3) is 17.7 Å². The largest absolute Gasteiger partial charge is 0.349 e. The summed E-state index contributed by atoms with van der Waals surface area (Å²) in [6, 6.07) is 0. The summed E-state index contributed by atoms with van der Waals surface area (Å²) in [6.45, 7) is 4.60. The monoisotopic (exact) mass is 719 g/mol. The van der Waals surface area contributed by atoms with E-state index in [-0.39, 0.29) is 27.5 Å². The number of hydrogen-bond acceptors (Lipinski definition) is 7. The topological polar surface area (TPSA) is 156 Å². The third-order valence-electron chi connectivity index (χ3n) is 3.86. The second-order valence-corrected chi connectivity index (χ2v) is 8.98. The lowest BCUT2D eigenvalue weighted by Crippen LogP contribution is -2.56. The molecule has 7 N–H and O–H groups in total. The van der Waals surface area contributed by atoms with E-state index in [4.69, 9.17) is 5.84 Å². The first-order chi connectivity index (χ1) is 12.2. The van der Waals surface area contributed by atoms with E-state index >= 15 is 0 Å². The van der Waals surface area contributed by atoms with Gasteiger partial charge in [0, 0.05) is 23.6 Å². The third kappa shape index (κ3) is 5.40. The minimum atomic E-state index is -2.56. The fourth-order valence-corrected chi connectivity index (χ4v) is 6.08. The highest BCUT2D eigenvalue weighted by molar-refractivity contribution is 14.1. The molecule has 0 fully saturated rings. The first kappa shape index (κ1) is 25.2. The Morgan fingerprint density at radius 2 is 1.48 bits per heavy atom. The van der Waals surface area contributed by atoms with Gasteiger partial charge in [-0.1, -0.05) is 13.8 Å². The number of benzene rings is 1. The number of nitrogens with two attached hydrogens (primary N) is 1. The highest BCUT2D eigenvalue weighted by Gasteiger charge is 2.37. The summed E-state index contributed by atoms with van der Waals surface area (Å²) < 4.78 is 1.20. The summed E-state index contributed by atoms with van der Waals surface area (Å²) in [4.78, 5) is 25.4. The second kappa shape index (κ2) is 9.31. The molecule has 0 saturated heterocycles. The molecule has 1 aromatic carbocycles. The number of halogens is 3. The molecule has 12 heteroatoms. The maximum absolute atomic E-state index is 12.8. The molecule has 1 rings (SSSR count). The van der Waals surface area contributed by atoms with Gasteiger partial charge in [0.15, 0.2) is 0 Å². The summed E-state index contributed by atoms with van der Waals surface area (Å²) in [5, 5.41) is 41.6. The van der Waals surface area contributed by atoms with Crippen LogP contribution in [-0.2, 0) is 0 Å². The summed E-state index contributed by atoms with van der Waals surface area (Å²) >= 11 is 5.62. The maximum Gasteiger partial charge on any atom is 0.274 e. The smallest absolute Gasteiger partial charge is 0.274 e. The Kier molecular flexibility index (Phi) is 8.68. The Labute approximate surface area is 197 Å². The van der Waals surface area contributed by atoms with Crippen molar-refractivity contribution in [3.63, 3.8) is 0 Å².